The van der Waals surface area contributed by atoms with Crippen LogP contribution in [0.3, 0.4) is 0 Å². The minimum Gasteiger partial charge on any atom is -0.479 e. The molecule has 0 bridgehead atoms. The molecular formula is C16H20N2O5. The van der Waals surface area contributed by atoms with E-state index in [1.54, 1.807) is 13.0 Å². The van der Waals surface area contributed by atoms with Crippen molar-refractivity contribution in [1.82, 2.24) is 4.90 Å². The Balaban J connectivity index is 2.38. The lowest BCUT2D eigenvalue weighted by molar-refractivity contribution is -0.384. The number of nitro benzene ring substituents is 1. The van der Waals surface area contributed by atoms with Gasteiger partial charge in [-0.1, -0.05) is 19.3 Å². The maximum atomic E-state index is 12.7. The second-order valence-corrected chi connectivity index (χ2v) is 6.08. The lowest BCUT2D eigenvalue weighted by atomic mass is 9.80. The van der Waals surface area contributed by atoms with Crippen LogP contribution in [0.4, 0.5) is 5.69 Å². The predicted octanol–water partition coefficient (Wildman–Crippen LogP) is 2.76. The number of hydrogen-bond donors (Lipinski definition) is 1. The van der Waals surface area contributed by atoms with Crippen molar-refractivity contribution in [2.45, 2.75) is 44.6 Å². The molecule has 1 aliphatic rings. The molecule has 1 fully saturated rings. The maximum absolute atomic E-state index is 12.7. The Labute approximate surface area is 134 Å². The molecule has 0 aliphatic heterocycles. The SMILES string of the molecule is Cc1cc(C(=O)N(C)C2(C(=O)O)CCCCC2)cc([N+](=O)[O-])c1. The minimum atomic E-state index is -1.23. The zero-order valence-electron chi connectivity index (χ0n) is 13.2. The van der Waals surface area contributed by atoms with Gasteiger partial charge in [-0.05, 0) is 31.4 Å². The fraction of sp³-hybridized carbons (Fsp3) is 0.500. The molecule has 7 nitrogen and oxygen atoms in total. The number of hydrogen-bond acceptors (Lipinski definition) is 4. The Kier molecular flexibility index (Phi) is 4.68. The number of amides is 1. The lowest BCUT2D eigenvalue weighted by Gasteiger charge is -2.41. The number of benzene rings is 1. The highest BCUT2D eigenvalue weighted by molar-refractivity contribution is 5.98. The number of likely N-dealkylation sites (N-methyl/N-ethyl adjacent to an activating group) is 1. The zero-order valence-corrected chi connectivity index (χ0v) is 13.2. The quantitative estimate of drug-likeness (QED) is 0.679. The number of nitro groups is 1. The molecule has 1 aliphatic carbocycles. The van der Waals surface area contributed by atoms with Crippen LogP contribution in [0.25, 0.3) is 0 Å². The molecule has 1 aromatic carbocycles. The number of aryl methyl sites for hydroxylation is 1. The molecule has 0 spiro atoms. The van der Waals surface area contributed by atoms with E-state index in [0.29, 0.717) is 18.4 Å². The van der Waals surface area contributed by atoms with Crippen molar-refractivity contribution in [3.8, 4) is 0 Å². The van der Waals surface area contributed by atoms with Gasteiger partial charge in [0.15, 0.2) is 0 Å². The summed E-state index contributed by atoms with van der Waals surface area (Å²) >= 11 is 0. The molecule has 0 radical (unpaired) electrons. The molecule has 1 amide bonds. The van der Waals surface area contributed by atoms with E-state index in [9.17, 15) is 24.8 Å². The highest BCUT2D eigenvalue weighted by Crippen LogP contribution is 2.34. The Morgan fingerprint density at radius 1 is 1.22 bits per heavy atom. The van der Waals surface area contributed by atoms with Crippen molar-refractivity contribution in [2.75, 3.05) is 7.05 Å². The van der Waals surface area contributed by atoms with Gasteiger partial charge in [-0.3, -0.25) is 14.9 Å². The number of rotatable bonds is 4. The molecule has 0 aromatic heterocycles. The van der Waals surface area contributed by atoms with Gasteiger partial charge in [-0.15, -0.1) is 0 Å². The number of carboxylic acid groups (broad SMARTS) is 1. The summed E-state index contributed by atoms with van der Waals surface area (Å²) in [5.41, 5.74) is -0.669. The minimum absolute atomic E-state index is 0.144. The van der Waals surface area contributed by atoms with Gasteiger partial charge in [0.25, 0.3) is 11.6 Å². The van der Waals surface area contributed by atoms with Gasteiger partial charge in [0.1, 0.15) is 5.54 Å². The number of carboxylic acids is 1. The Bertz CT molecular complexity index is 650. The smallest absolute Gasteiger partial charge is 0.329 e. The van der Waals surface area contributed by atoms with Crippen molar-refractivity contribution in [3.05, 3.63) is 39.4 Å². The van der Waals surface area contributed by atoms with E-state index >= 15 is 0 Å². The van der Waals surface area contributed by atoms with Crippen molar-refractivity contribution in [1.29, 1.82) is 0 Å². The number of nitrogens with zero attached hydrogens (tertiary/aromatic N) is 2. The highest BCUT2D eigenvalue weighted by Gasteiger charge is 2.45. The van der Waals surface area contributed by atoms with E-state index < -0.39 is 22.3 Å². The third-order valence-corrected chi connectivity index (χ3v) is 4.55. The second-order valence-electron chi connectivity index (χ2n) is 6.08. The molecule has 1 aromatic rings. The first-order valence-electron chi connectivity index (χ1n) is 7.55. The van der Waals surface area contributed by atoms with Gasteiger partial charge in [0.2, 0.25) is 0 Å². The lowest BCUT2D eigenvalue weighted by Crippen LogP contribution is -2.56. The summed E-state index contributed by atoms with van der Waals surface area (Å²) in [5.74, 6) is -1.52. The summed E-state index contributed by atoms with van der Waals surface area (Å²) in [6.45, 7) is 1.66. The van der Waals surface area contributed by atoms with Gasteiger partial charge >= 0.3 is 5.97 Å². The maximum Gasteiger partial charge on any atom is 0.329 e. The van der Waals surface area contributed by atoms with Crippen LogP contribution in [0.15, 0.2) is 18.2 Å². The van der Waals surface area contributed by atoms with Crippen LogP contribution in [-0.4, -0.2) is 39.4 Å². The van der Waals surface area contributed by atoms with Crippen LogP contribution < -0.4 is 0 Å². The molecule has 1 saturated carbocycles. The summed E-state index contributed by atoms with van der Waals surface area (Å²) in [7, 11) is 1.47. The zero-order chi connectivity index (χ0) is 17.2. The van der Waals surface area contributed by atoms with Crippen molar-refractivity contribution >= 4 is 17.6 Å². The van der Waals surface area contributed by atoms with E-state index in [2.05, 4.69) is 0 Å². The fourth-order valence-electron chi connectivity index (χ4n) is 3.21. The topological polar surface area (TPSA) is 101 Å². The summed E-state index contributed by atoms with van der Waals surface area (Å²) in [6, 6.07) is 4.12. The van der Waals surface area contributed by atoms with Crippen LogP contribution >= 0.6 is 0 Å². The van der Waals surface area contributed by atoms with E-state index in [1.807, 2.05) is 0 Å². The standard InChI is InChI=1S/C16H20N2O5/c1-11-8-12(10-13(9-11)18(22)23)14(19)17(2)16(15(20)21)6-4-3-5-7-16/h8-10H,3-7H2,1-2H3,(H,20,21). The first-order chi connectivity index (χ1) is 10.8. The van der Waals surface area contributed by atoms with Gasteiger partial charge < -0.3 is 10.0 Å². The summed E-state index contributed by atoms with van der Waals surface area (Å²) < 4.78 is 0. The summed E-state index contributed by atoms with van der Waals surface area (Å²) in [5, 5.41) is 20.6. The largest absolute Gasteiger partial charge is 0.479 e. The Morgan fingerprint density at radius 2 is 1.83 bits per heavy atom. The van der Waals surface area contributed by atoms with Gasteiger partial charge in [-0.2, -0.15) is 0 Å². The molecule has 7 heteroatoms. The van der Waals surface area contributed by atoms with Crippen molar-refractivity contribution < 1.29 is 19.6 Å². The van der Waals surface area contributed by atoms with Crippen molar-refractivity contribution in [3.63, 3.8) is 0 Å². The van der Waals surface area contributed by atoms with Crippen LogP contribution in [0.5, 0.6) is 0 Å². The van der Waals surface area contributed by atoms with E-state index in [1.165, 1.54) is 24.1 Å². The predicted molar refractivity (Wildman–Crippen MR) is 83.4 cm³/mol. The van der Waals surface area contributed by atoms with Crippen LogP contribution in [0.1, 0.15) is 48.0 Å². The summed E-state index contributed by atoms with van der Waals surface area (Å²) in [6.07, 6.45) is 3.25. The number of non-ortho nitro benzene ring substituents is 1. The normalized spacial score (nSPS) is 16.6. The molecule has 124 valence electrons. The number of carbonyl (C=O) groups excluding carboxylic acids is 1. The Hall–Kier alpha value is -2.44. The molecule has 0 saturated heterocycles. The molecule has 0 atom stereocenters. The summed E-state index contributed by atoms with van der Waals surface area (Å²) in [4.78, 5) is 36.2. The third-order valence-electron chi connectivity index (χ3n) is 4.55. The molecular weight excluding hydrogens is 300 g/mol. The van der Waals surface area contributed by atoms with Gasteiger partial charge in [-0.25, -0.2) is 4.79 Å². The van der Waals surface area contributed by atoms with Crippen LogP contribution in [0.2, 0.25) is 0 Å². The van der Waals surface area contributed by atoms with Crippen molar-refractivity contribution in [2.24, 2.45) is 0 Å². The molecule has 1 N–H and O–H groups in total. The Morgan fingerprint density at radius 3 is 2.35 bits per heavy atom. The van der Waals surface area contributed by atoms with Crippen LogP contribution in [0, 0.1) is 17.0 Å². The highest BCUT2D eigenvalue weighted by atomic mass is 16.6. The first kappa shape index (κ1) is 16.9. The second kappa shape index (κ2) is 6.36. The average molecular weight is 320 g/mol. The fourth-order valence-corrected chi connectivity index (χ4v) is 3.21. The number of carbonyl (C=O) groups is 2. The van der Waals surface area contributed by atoms with Gasteiger partial charge in [0.05, 0.1) is 4.92 Å². The molecule has 0 unspecified atom stereocenters. The van der Waals surface area contributed by atoms with E-state index in [-0.39, 0.29) is 11.3 Å². The van der Waals surface area contributed by atoms with Crippen LogP contribution in [-0.2, 0) is 4.79 Å². The number of aliphatic carboxylic acids is 1. The first-order valence-corrected chi connectivity index (χ1v) is 7.55. The van der Waals surface area contributed by atoms with E-state index in [0.717, 1.165) is 19.3 Å². The van der Waals surface area contributed by atoms with Gasteiger partial charge in [0, 0.05) is 24.7 Å². The monoisotopic (exact) mass is 320 g/mol. The average Bonchev–Trinajstić information content (AvgIpc) is 2.53. The third kappa shape index (κ3) is 3.18. The van der Waals surface area contributed by atoms with E-state index in [4.69, 9.17) is 0 Å². The molecule has 0 heterocycles. The molecule has 2 rings (SSSR count). The molecule has 23 heavy (non-hydrogen) atoms.